The predicted octanol–water partition coefficient (Wildman–Crippen LogP) is 5.10. The van der Waals surface area contributed by atoms with Gasteiger partial charge in [0, 0.05) is 18.8 Å². The van der Waals surface area contributed by atoms with Crippen LogP contribution < -0.4 is 4.90 Å². The standard InChI is InChI=1S/C19H29NS/c21-16-19(12-6-1-2-7-13-19)15-20-14-8-5-10-17-9-3-4-11-18(17)20/h3-4,9,11,21H,1-2,5-8,10,12-16H2. The Bertz CT molecular complexity index is 449. The Morgan fingerprint density at radius 3 is 2.48 bits per heavy atom. The van der Waals surface area contributed by atoms with E-state index in [-0.39, 0.29) is 0 Å². The first-order chi connectivity index (χ1) is 10.3. The summed E-state index contributed by atoms with van der Waals surface area (Å²) >= 11 is 4.77. The predicted molar refractivity (Wildman–Crippen MR) is 95.6 cm³/mol. The maximum absolute atomic E-state index is 4.77. The summed E-state index contributed by atoms with van der Waals surface area (Å²) in [4.78, 5) is 2.68. The number of aryl methyl sites for hydroxylation is 1. The van der Waals surface area contributed by atoms with Crippen LogP contribution in [0.25, 0.3) is 0 Å². The third kappa shape index (κ3) is 3.59. The molecule has 2 aliphatic rings. The van der Waals surface area contributed by atoms with E-state index in [0.717, 1.165) is 5.75 Å². The molecule has 0 N–H and O–H groups in total. The highest BCUT2D eigenvalue weighted by molar-refractivity contribution is 7.80. The molecule has 21 heavy (non-hydrogen) atoms. The fourth-order valence-corrected chi connectivity index (χ4v) is 4.60. The molecule has 1 aromatic carbocycles. The third-order valence-electron chi connectivity index (χ3n) is 5.48. The molecular weight excluding hydrogens is 274 g/mol. The monoisotopic (exact) mass is 303 g/mol. The number of thiol groups is 1. The molecule has 1 fully saturated rings. The van der Waals surface area contributed by atoms with Gasteiger partial charge in [0.05, 0.1) is 0 Å². The van der Waals surface area contributed by atoms with Crippen molar-refractivity contribution in [2.45, 2.75) is 57.8 Å². The molecule has 1 aliphatic heterocycles. The second-order valence-corrected chi connectivity index (χ2v) is 7.40. The molecule has 1 aliphatic carbocycles. The van der Waals surface area contributed by atoms with Crippen molar-refractivity contribution in [3.63, 3.8) is 0 Å². The van der Waals surface area contributed by atoms with Gasteiger partial charge in [0.1, 0.15) is 0 Å². The van der Waals surface area contributed by atoms with Gasteiger partial charge in [-0.05, 0) is 54.9 Å². The molecule has 0 atom stereocenters. The molecule has 1 nitrogen and oxygen atoms in total. The van der Waals surface area contributed by atoms with E-state index >= 15 is 0 Å². The van der Waals surface area contributed by atoms with Crippen molar-refractivity contribution in [2.75, 3.05) is 23.7 Å². The number of fused-ring (bicyclic) bond motifs is 1. The summed E-state index contributed by atoms with van der Waals surface area (Å²) in [5.74, 6) is 1.05. The van der Waals surface area contributed by atoms with Crippen molar-refractivity contribution >= 4 is 18.3 Å². The first-order valence-corrected chi connectivity index (χ1v) is 9.40. The van der Waals surface area contributed by atoms with Gasteiger partial charge in [-0.3, -0.25) is 0 Å². The van der Waals surface area contributed by atoms with Crippen LogP contribution in [0, 0.1) is 5.41 Å². The average Bonchev–Trinajstić information content (AvgIpc) is 2.87. The van der Waals surface area contributed by atoms with E-state index in [0.29, 0.717) is 5.41 Å². The van der Waals surface area contributed by atoms with Gasteiger partial charge in [0.15, 0.2) is 0 Å². The summed E-state index contributed by atoms with van der Waals surface area (Å²) in [6.07, 6.45) is 12.3. The van der Waals surface area contributed by atoms with E-state index in [1.54, 1.807) is 5.56 Å². The lowest BCUT2D eigenvalue weighted by molar-refractivity contribution is 0.289. The van der Waals surface area contributed by atoms with Crippen LogP contribution >= 0.6 is 12.6 Å². The summed E-state index contributed by atoms with van der Waals surface area (Å²) in [6, 6.07) is 9.07. The number of hydrogen-bond donors (Lipinski definition) is 1. The normalized spacial score (nSPS) is 22.2. The van der Waals surface area contributed by atoms with Crippen molar-refractivity contribution < 1.29 is 0 Å². The number of rotatable bonds is 3. The lowest BCUT2D eigenvalue weighted by atomic mass is 9.81. The highest BCUT2D eigenvalue weighted by Gasteiger charge is 2.32. The Labute approximate surface area is 135 Å². The van der Waals surface area contributed by atoms with Crippen molar-refractivity contribution in [3.8, 4) is 0 Å². The minimum absolute atomic E-state index is 0.442. The zero-order chi connectivity index (χ0) is 14.5. The summed E-state index contributed by atoms with van der Waals surface area (Å²) in [7, 11) is 0. The van der Waals surface area contributed by atoms with E-state index in [1.165, 1.54) is 76.6 Å². The highest BCUT2D eigenvalue weighted by Crippen LogP contribution is 2.39. The third-order valence-corrected chi connectivity index (χ3v) is 6.15. The molecule has 2 heteroatoms. The number of nitrogens with zero attached hydrogens (tertiary/aromatic N) is 1. The van der Waals surface area contributed by atoms with Crippen LogP contribution in [-0.2, 0) is 6.42 Å². The Balaban J connectivity index is 1.82. The van der Waals surface area contributed by atoms with Crippen LogP contribution in [0.4, 0.5) is 5.69 Å². The van der Waals surface area contributed by atoms with Crippen LogP contribution in [0.1, 0.15) is 56.9 Å². The lowest BCUT2D eigenvalue weighted by Gasteiger charge is -2.38. The molecule has 116 valence electrons. The molecule has 0 amide bonds. The topological polar surface area (TPSA) is 3.24 Å². The van der Waals surface area contributed by atoms with Crippen LogP contribution in [-0.4, -0.2) is 18.8 Å². The highest BCUT2D eigenvalue weighted by atomic mass is 32.1. The Morgan fingerprint density at radius 1 is 0.952 bits per heavy atom. The zero-order valence-corrected chi connectivity index (χ0v) is 14.1. The lowest BCUT2D eigenvalue weighted by Crippen LogP contribution is -2.39. The van der Waals surface area contributed by atoms with Crippen molar-refractivity contribution in [2.24, 2.45) is 5.41 Å². The van der Waals surface area contributed by atoms with E-state index in [1.807, 2.05) is 0 Å². The summed E-state index contributed by atoms with van der Waals surface area (Å²) in [6.45, 7) is 2.44. The van der Waals surface area contributed by atoms with E-state index in [4.69, 9.17) is 12.6 Å². The maximum atomic E-state index is 4.77. The van der Waals surface area contributed by atoms with Gasteiger partial charge in [0.2, 0.25) is 0 Å². The number of para-hydroxylation sites is 1. The summed E-state index contributed by atoms with van der Waals surface area (Å²) in [5.41, 5.74) is 3.50. The van der Waals surface area contributed by atoms with Gasteiger partial charge in [-0.1, -0.05) is 43.9 Å². The number of anilines is 1. The Hall–Kier alpha value is -0.630. The van der Waals surface area contributed by atoms with Crippen LogP contribution in [0.3, 0.4) is 0 Å². The second kappa shape index (κ2) is 7.09. The van der Waals surface area contributed by atoms with Crippen LogP contribution in [0.5, 0.6) is 0 Å². The molecule has 0 bridgehead atoms. The molecule has 0 aromatic heterocycles. The SMILES string of the molecule is SCC1(CN2CCCCc3ccccc32)CCCCCC1. The quantitative estimate of drug-likeness (QED) is 0.600. The number of hydrogen-bond acceptors (Lipinski definition) is 2. The first kappa shape index (κ1) is 15.3. The average molecular weight is 304 g/mol. The summed E-state index contributed by atoms with van der Waals surface area (Å²) in [5, 5.41) is 0. The molecule has 0 unspecified atom stereocenters. The minimum Gasteiger partial charge on any atom is -0.371 e. The van der Waals surface area contributed by atoms with Gasteiger partial charge in [-0.15, -0.1) is 0 Å². The van der Waals surface area contributed by atoms with Gasteiger partial charge >= 0.3 is 0 Å². The van der Waals surface area contributed by atoms with E-state index < -0.39 is 0 Å². The minimum atomic E-state index is 0.442. The van der Waals surface area contributed by atoms with Crippen LogP contribution in [0.2, 0.25) is 0 Å². The molecule has 3 rings (SSSR count). The molecular formula is C19H29NS. The molecule has 0 radical (unpaired) electrons. The maximum Gasteiger partial charge on any atom is 0.0398 e. The van der Waals surface area contributed by atoms with Crippen molar-refractivity contribution in [3.05, 3.63) is 29.8 Å². The van der Waals surface area contributed by atoms with Crippen LogP contribution in [0.15, 0.2) is 24.3 Å². The Morgan fingerprint density at radius 2 is 1.71 bits per heavy atom. The summed E-state index contributed by atoms with van der Waals surface area (Å²) < 4.78 is 0. The molecule has 0 saturated heterocycles. The fraction of sp³-hybridized carbons (Fsp3) is 0.684. The van der Waals surface area contributed by atoms with Crippen molar-refractivity contribution in [1.82, 2.24) is 0 Å². The fourth-order valence-electron chi connectivity index (χ4n) is 4.18. The molecule has 1 saturated carbocycles. The smallest absolute Gasteiger partial charge is 0.0398 e. The van der Waals surface area contributed by atoms with Gasteiger partial charge in [-0.2, -0.15) is 12.6 Å². The Kier molecular flexibility index (Phi) is 5.15. The van der Waals surface area contributed by atoms with E-state index in [2.05, 4.69) is 29.2 Å². The number of benzene rings is 1. The zero-order valence-electron chi connectivity index (χ0n) is 13.2. The van der Waals surface area contributed by atoms with Gasteiger partial charge in [-0.25, -0.2) is 0 Å². The van der Waals surface area contributed by atoms with Gasteiger partial charge < -0.3 is 4.90 Å². The largest absolute Gasteiger partial charge is 0.371 e. The first-order valence-electron chi connectivity index (χ1n) is 8.77. The molecule has 0 spiro atoms. The van der Waals surface area contributed by atoms with Gasteiger partial charge in [0.25, 0.3) is 0 Å². The molecule has 1 heterocycles. The van der Waals surface area contributed by atoms with E-state index in [9.17, 15) is 0 Å². The second-order valence-electron chi connectivity index (χ2n) is 7.08. The van der Waals surface area contributed by atoms with Crippen molar-refractivity contribution in [1.29, 1.82) is 0 Å². The molecule has 1 aromatic rings.